The van der Waals surface area contributed by atoms with E-state index in [0.29, 0.717) is 11.8 Å². The van der Waals surface area contributed by atoms with Gasteiger partial charge in [-0.1, -0.05) is 33.6 Å². The van der Waals surface area contributed by atoms with Crippen LogP contribution in [0.2, 0.25) is 0 Å². The summed E-state index contributed by atoms with van der Waals surface area (Å²) in [6.07, 6.45) is 5.61. The van der Waals surface area contributed by atoms with Gasteiger partial charge in [0.15, 0.2) is 0 Å². The van der Waals surface area contributed by atoms with Crippen LogP contribution < -0.4 is 5.32 Å². The number of amides is 1. The van der Waals surface area contributed by atoms with Gasteiger partial charge in [-0.05, 0) is 45.8 Å². The van der Waals surface area contributed by atoms with Crippen molar-refractivity contribution in [3.8, 4) is 0 Å². The lowest BCUT2D eigenvalue weighted by Crippen LogP contribution is -2.39. The lowest BCUT2D eigenvalue weighted by molar-refractivity contribution is -0.130. The topological polar surface area (TPSA) is 35.6 Å². The first-order chi connectivity index (χ1) is 9.45. The van der Waals surface area contributed by atoms with Gasteiger partial charge >= 0.3 is 0 Å². The minimum Gasteiger partial charge on any atom is -0.326 e. The van der Waals surface area contributed by atoms with Crippen molar-refractivity contribution in [2.24, 2.45) is 5.92 Å². The van der Waals surface area contributed by atoms with Crippen LogP contribution in [0.3, 0.4) is 0 Å². The molecule has 0 aromatic carbocycles. The number of unbranched alkanes of at least 4 members (excludes halogenated alkanes) is 1. The molecule has 2 atom stereocenters. The fourth-order valence-electron chi connectivity index (χ4n) is 2.83. The quantitative estimate of drug-likeness (QED) is 0.705. The van der Waals surface area contributed by atoms with Gasteiger partial charge in [-0.15, -0.1) is 0 Å². The van der Waals surface area contributed by atoms with Crippen molar-refractivity contribution in [1.82, 2.24) is 15.1 Å². The number of hydrogen-bond acceptors (Lipinski definition) is 3. The SMILES string of the molecule is CCCCC1NC(CC(C)C)N(CCCN(C)C)C1=O. The third kappa shape index (κ3) is 5.41. The molecule has 0 aliphatic carbocycles. The standard InChI is InChI=1S/C16H33N3O/c1-6-7-9-14-16(20)19(11-8-10-18(4)5)15(17-14)12-13(2)3/h13-15,17H,6-12H2,1-5H3. The van der Waals surface area contributed by atoms with E-state index in [-0.39, 0.29) is 12.2 Å². The highest BCUT2D eigenvalue weighted by Gasteiger charge is 2.37. The number of nitrogens with one attached hydrogen (secondary N) is 1. The van der Waals surface area contributed by atoms with Crippen molar-refractivity contribution in [2.45, 2.75) is 65.1 Å². The smallest absolute Gasteiger partial charge is 0.241 e. The molecule has 2 unspecified atom stereocenters. The Bertz CT molecular complexity index is 291. The molecular weight excluding hydrogens is 250 g/mol. The van der Waals surface area contributed by atoms with Crippen LogP contribution in [0, 0.1) is 5.92 Å². The van der Waals surface area contributed by atoms with Gasteiger partial charge in [0.05, 0.1) is 12.2 Å². The average molecular weight is 283 g/mol. The molecule has 4 nitrogen and oxygen atoms in total. The first-order valence-electron chi connectivity index (χ1n) is 8.17. The Labute approximate surface area is 124 Å². The van der Waals surface area contributed by atoms with E-state index in [4.69, 9.17) is 0 Å². The van der Waals surface area contributed by atoms with Gasteiger partial charge in [0, 0.05) is 6.54 Å². The third-order valence-electron chi connectivity index (χ3n) is 3.90. The molecule has 0 aromatic rings. The van der Waals surface area contributed by atoms with Crippen LogP contribution in [0.25, 0.3) is 0 Å². The zero-order valence-corrected chi connectivity index (χ0v) is 14.0. The van der Waals surface area contributed by atoms with Crippen molar-refractivity contribution in [3.05, 3.63) is 0 Å². The maximum absolute atomic E-state index is 12.5. The zero-order chi connectivity index (χ0) is 15.1. The number of rotatable bonds is 9. The second-order valence-electron chi connectivity index (χ2n) is 6.70. The summed E-state index contributed by atoms with van der Waals surface area (Å²) in [5.41, 5.74) is 0. The highest BCUT2D eigenvalue weighted by atomic mass is 16.2. The highest BCUT2D eigenvalue weighted by molar-refractivity contribution is 5.84. The summed E-state index contributed by atoms with van der Waals surface area (Å²) < 4.78 is 0. The van der Waals surface area contributed by atoms with Gasteiger partial charge in [-0.25, -0.2) is 0 Å². The summed E-state index contributed by atoms with van der Waals surface area (Å²) in [7, 11) is 4.17. The van der Waals surface area contributed by atoms with Crippen molar-refractivity contribution in [3.63, 3.8) is 0 Å². The first-order valence-corrected chi connectivity index (χ1v) is 8.17. The van der Waals surface area contributed by atoms with Crippen molar-refractivity contribution >= 4 is 5.91 Å². The molecule has 1 aliphatic heterocycles. The molecule has 1 rings (SSSR count). The molecule has 1 aliphatic rings. The molecule has 118 valence electrons. The molecule has 0 spiro atoms. The predicted octanol–water partition coefficient (Wildman–Crippen LogP) is 2.30. The number of hydrogen-bond donors (Lipinski definition) is 1. The molecular formula is C16H33N3O. The van der Waals surface area contributed by atoms with Gasteiger partial charge in [0.1, 0.15) is 0 Å². The van der Waals surface area contributed by atoms with Crippen LogP contribution in [-0.2, 0) is 4.79 Å². The van der Waals surface area contributed by atoms with Crippen LogP contribution in [0.5, 0.6) is 0 Å². The zero-order valence-electron chi connectivity index (χ0n) is 14.0. The fraction of sp³-hybridized carbons (Fsp3) is 0.938. The molecule has 0 aromatic heterocycles. The van der Waals surface area contributed by atoms with E-state index < -0.39 is 0 Å². The van der Waals surface area contributed by atoms with Gasteiger partial charge in [-0.2, -0.15) is 0 Å². The van der Waals surface area contributed by atoms with Crippen LogP contribution in [0.1, 0.15) is 52.9 Å². The number of nitrogens with zero attached hydrogens (tertiary/aromatic N) is 2. The predicted molar refractivity (Wildman–Crippen MR) is 84.6 cm³/mol. The van der Waals surface area contributed by atoms with Gasteiger partial charge in [0.2, 0.25) is 5.91 Å². The summed E-state index contributed by atoms with van der Waals surface area (Å²) in [6, 6.07) is 0.0538. The molecule has 1 heterocycles. The van der Waals surface area contributed by atoms with E-state index in [9.17, 15) is 4.79 Å². The van der Waals surface area contributed by atoms with Crippen molar-refractivity contribution < 1.29 is 4.79 Å². The summed E-state index contributed by atoms with van der Waals surface area (Å²) in [5, 5.41) is 3.56. The van der Waals surface area contributed by atoms with Gasteiger partial charge in [0.25, 0.3) is 0 Å². The molecule has 0 saturated carbocycles. The van der Waals surface area contributed by atoms with Crippen molar-refractivity contribution in [1.29, 1.82) is 0 Å². The van der Waals surface area contributed by atoms with E-state index in [2.05, 4.69) is 50.0 Å². The van der Waals surface area contributed by atoms with E-state index in [1.165, 1.54) is 0 Å². The Morgan fingerprint density at radius 3 is 2.55 bits per heavy atom. The lowest BCUT2D eigenvalue weighted by atomic mass is 10.1. The second-order valence-corrected chi connectivity index (χ2v) is 6.70. The van der Waals surface area contributed by atoms with E-state index in [0.717, 1.165) is 45.2 Å². The second kappa shape index (κ2) is 8.63. The third-order valence-corrected chi connectivity index (χ3v) is 3.90. The van der Waals surface area contributed by atoms with Gasteiger partial charge < -0.3 is 9.80 Å². The summed E-state index contributed by atoms with van der Waals surface area (Å²) >= 11 is 0. The maximum atomic E-state index is 12.5. The minimum atomic E-state index is 0.0538. The Hall–Kier alpha value is -0.610. The minimum absolute atomic E-state index is 0.0538. The van der Waals surface area contributed by atoms with Crippen LogP contribution in [-0.4, -0.2) is 55.1 Å². The van der Waals surface area contributed by atoms with Crippen LogP contribution >= 0.6 is 0 Å². The normalized spacial score (nSPS) is 23.4. The Morgan fingerprint density at radius 1 is 1.30 bits per heavy atom. The molecule has 1 N–H and O–H groups in total. The average Bonchev–Trinajstić information content (AvgIpc) is 2.63. The molecule has 0 bridgehead atoms. The molecule has 1 fully saturated rings. The monoisotopic (exact) mass is 283 g/mol. The van der Waals surface area contributed by atoms with Crippen molar-refractivity contribution in [2.75, 3.05) is 27.2 Å². The van der Waals surface area contributed by atoms with Gasteiger partial charge in [-0.3, -0.25) is 10.1 Å². The lowest BCUT2D eigenvalue weighted by Gasteiger charge is -2.26. The molecule has 4 heteroatoms. The van der Waals surface area contributed by atoms with Crippen LogP contribution in [0.4, 0.5) is 0 Å². The highest BCUT2D eigenvalue weighted by Crippen LogP contribution is 2.20. The first kappa shape index (κ1) is 17.4. The molecule has 20 heavy (non-hydrogen) atoms. The van der Waals surface area contributed by atoms with E-state index in [1.807, 2.05) is 0 Å². The Morgan fingerprint density at radius 2 is 2.00 bits per heavy atom. The molecule has 1 saturated heterocycles. The number of carbonyl (C=O) groups excluding carboxylic acids is 1. The maximum Gasteiger partial charge on any atom is 0.241 e. The van der Waals surface area contributed by atoms with E-state index >= 15 is 0 Å². The Kier molecular flexibility index (Phi) is 7.52. The fourth-order valence-corrected chi connectivity index (χ4v) is 2.83. The van der Waals surface area contributed by atoms with Crippen LogP contribution in [0.15, 0.2) is 0 Å². The summed E-state index contributed by atoms with van der Waals surface area (Å²) in [4.78, 5) is 16.8. The molecule has 0 radical (unpaired) electrons. The summed E-state index contributed by atoms with van der Waals surface area (Å²) in [6.45, 7) is 8.55. The number of carbonyl (C=O) groups is 1. The Balaban J connectivity index is 2.57. The van der Waals surface area contributed by atoms with E-state index in [1.54, 1.807) is 0 Å². The molecule has 1 amide bonds. The largest absolute Gasteiger partial charge is 0.326 e. The summed E-state index contributed by atoms with van der Waals surface area (Å²) in [5.74, 6) is 0.935.